The van der Waals surface area contributed by atoms with E-state index in [1.807, 2.05) is 18.2 Å². The first-order valence-corrected chi connectivity index (χ1v) is 8.73. The molecule has 5 nitrogen and oxygen atoms in total. The summed E-state index contributed by atoms with van der Waals surface area (Å²) in [7, 11) is 0. The third kappa shape index (κ3) is 2.95. The van der Waals surface area contributed by atoms with E-state index < -0.39 is 11.8 Å². The summed E-state index contributed by atoms with van der Waals surface area (Å²) < 4.78 is 0. The maximum Gasteiger partial charge on any atom is 0.261 e. The van der Waals surface area contributed by atoms with Gasteiger partial charge in [0.15, 0.2) is 5.78 Å². The van der Waals surface area contributed by atoms with E-state index in [2.05, 4.69) is 4.99 Å². The van der Waals surface area contributed by atoms with Gasteiger partial charge in [-0.15, -0.1) is 11.6 Å². The van der Waals surface area contributed by atoms with Crippen molar-refractivity contribution in [2.75, 3.05) is 6.54 Å². The molecule has 2 aliphatic heterocycles. The Labute approximate surface area is 155 Å². The number of ketones is 1. The summed E-state index contributed by atoms with van der Waals surface area (Å²) in [6, 6.07) is 12.2. The predicted octanol–water partition coefficient (Wildman–Crippen LogP) is 2.96. The molecule has 2 aromatic rings. The highest BCUT2D eigenvalue weighted by atomic mass is 35.5. The molecule has 1 atom stereocenters. The molecule has 2 aromatic carbocycles. The average Bonchev–Trinajstić information content (AvgIpc) is 2.87. The molecule has 0 fully saturated rings. The second kappa shape index (κ2) is 6.50. The standard InChI is InChI=1S/C20H15ClN2O3/c21-14-9-13-7-12(5-6-18(13)22-10-14)8-15(24)11-23-19(25)16-3-1-2-4-17(16)20(23)26/h1-7,10,14H,8-9,11H2. The van der Waals surface area contributed by atoms with Gasteiger partial charge >= 0.3 is 0 Å². The van der Waals surface area contributed by atoms with Crippen molar-refractivity contribution in [2.45, 2.75) is 18.2 Å². The number of hydrogen-bond donors (Lipinski definition) is 0. The van der Waals surface area contributed by atoms with Crippen molar-refractivity contribution in [3.05, 3.63) is 64.7 Å². The van der Waals surface area contributed by atoms with E-state index in [1.54, 1.807) is 30.5 Å². The second-order valence-electron chi connectivity index (χ2n) is 6.42. The monoisotopic (exact) mass is 366 g/mol. The van der Waals surface area contributed by atoms with E-state index in [1.165, 1.54) is 0 Å². The van der Waals surface area contributed by atoms with Crippen molar-refractivity contribution in [3.63, 3.8) is 0 Å². The van der Waals surface area contributed by atoms with E-state index in [-0.39, 0.29) is 24.1 Å². The van der Waals surface area contributed by atoms with Crippen LogP contribution in [-0.2, 0) is 17.6 Å². The first-order valence-electron chi connectivity index (χ1n) is 8.30. The van der Waals surface area contributed by atoms with Gasteiger partial charge in [-0.3, -0.25) is 24.3 Å². The number of Topliss-reactive ketones (excluding diaryl/α,β-unsaturated/α-hetero) is 1. The van der Waals surface area contributed by atoms with Gasteiger partial charge in [0.2, 0.25) is 0 Å². The lowest BCUT2D eigenvalue weighted by molar-refractivity contribution is -0.118. The van der Waals surface area contributed by atoms with E-state index in [0.717, 1.165) is 21.7 Å². The quantitative estimate of drug-likeness (QED) is 0.617. The number of fused-ring (bicyclic) bond motifs is 2. The van der Waals surface area contributed by atoms with Gasteiger partial charge in [-0.2, -0.15) is 0 Å². The SMILES string of the molecule is O=C(Cc1ccc2c(c1)CC(Cl)C=N2)CN1C(=O)c2ccccc2C1=O. The lowest BCUT2D eigenvalue weighted by Crippen LogP contribution is -2.35. The molecule has 2 aliphatic rings. The molecule has 130 valence electrons. The molecule has 1 unspecified atom stereocenters. The molecular formula is C20H15ClN2O3. The zero-order chi connectivity index (χ0) is 18.3. The van der Waals surface area contributed by atoms with Crippen molar-refractivity contribution in [3.8, 4) is 0 Å². The average molecular weight is 367 g/mol. The number of carbonyl (C=O) groups excluding carboxylic acids is 3. The molecule has 0 bridgehead atoms. The Morgan fingerprint density at radius 2 is 1.81 bits per heavy atom. The summed E-state index contributed by atoms with van der Waals surface area (Å²) >= 11 is 6.09. The summed E-state index contributed by atoms with van der Waals surface area (Å²) in [5, 5.41) is -0.146. The fourth-order valence-electron chi connectivity index (χ4n) is 3.30. The van der Waals surface area contributed by atoms with Gasteiger partial charge < -0.3 is 0 Å². The molecule has 4 rings (SSSR count). The number of amides is 2. The Morgan fingerprint density at radius 3 is 2.50 bits per heavy atom. The Morgan fingerprint density at radius 1 is 1.12 bits per heavy atom. The minimum atomic E-state index is -0.413. The Bertz CT molecular complexity index is 932. The number of benzene rings is 2. The van der Waals surface area contributed by atoms with Gasteiger partial charge in [0.1, 0.15) is 0 Å². The molecule has 0 aromatic heterocycles. The molecule has 0 radical (unpaired) electrons. The van der Waals surface area contributed by atoms with Crippen molar-refractivity contribution in [2.24, 2.45) is 4.99 Å². The minimum absolute atomic E-state index is 0.146. The Balaban J connectivity index is 1.47. The van der Waals surface area contributed by atoms with Gasteiger partial charge in [-0.05, 0) is 35.7 Å². The molecule has 2 amide bonds. The first kappa shape index (κ1) is 16.7. The number of carbonyl (C=O) groups is 3. The molecule has 0 saturated carbocycles. The maximum absolute atomic E-state index is 12.4. The van der Waals surface area contributed by atoms with Gasteiger partial charge in [0.05, 0.1) is 28.7 Å². The van der Waals surface area contributed by atoms with Crippen LogP contribution in [0, 0.1) is 0 Å². The lowest BCUT2D eigenvalue weighted by atomic mass is 9.99. The van der Waals surface area contributed by atoms with E-state index in [0.29, 0.717) is 17.5 Å². The highest BCUT2D eigenvalue weighted by Crippen LogP contribution is 2.27. The van der Waals surface area contributed by atoms with E-state index >= 15 is 0 Å². The lowest BCUT2D eigenvalue weighted by Gasteiger charge is -2.15. The summed E-state index contributed by atoms with van der Waals surface area (Å²) in [5.41, 5.74) is 3.39. The predicted molar refractivity (Wildman–Crippen MR) is 98.5 cm³/mol. The van der Waals surface area contributed by atoms with Gasteiger partial charge in [0, 0.05) is 12.6 Å². The summed E-state index contributed by atoms with van der Waals surface area (Å²) in [5.74, 6) is -1.02. The summed E-state index contributed by atoms with van der Waals surface area (Å²) in [4.78, 5) is 42.4. The molecule has 6 heteroatoms. The summed E-state index contributed by atoms with van der Waals surface area (Å²) in [6.45, 7) is -0.223. The van der Waals surface area contributed by atoms with E-state index in [9.17, 15) is 14.4 Å². The van der Waals surface area contributed by atoms with Gasteiger partial charge in [-0.1, -0.05) is 24.3 Å². The molecule has 0 spiro atoms. The topological polar surface area (TPSA) is 66.8 Å². The fourth-order valence-corrected chi connectivity index (χ4v) is 3.53. The number of rotatable bonds is 4. The van der Waals surface area contributed by atoms with Crippen LogP contribution >= 0.6 is 11.6 Å². The van der Waals surface area contributed by atoms with Crippen LogP contribution in [0.4, 0.5) is 5.69 Å². The zero-order valence-electron chi connectivity index (χ0n) is 13.8. The van der Waals surface area contributed by atoms with Crippen molar-refractivity contribution >= 4 is 41.1 Å². The zero-order valence-corrected chi connectivity index (χ0v) is 14.6. The molecule has 0 N–H and O–H groups in total. The van der Waals surface area contributed by atoms with Crippen molar-refractivity contribution in [1.82, 2.24) is 4.90 Å². The van der Waals surface area contributed by atoms with Gasteiger partial charge in [0.25, 0.3) is 11.8 Å². The minimum Gasteiger partial charge on any atom is -0.297 e. The highest BCUT2D eigenvalue weighted by Gasteiger charge is 2.36. The van der Waals surface area contributed by atoms with Crippen LogP contribution < -0.4 is 0 Å². The van der Waals surface area contributed by atoms with E-state index in [4.69, 9.17) is 11.6 Å². The van der Waals surface area contributed by atoms with Crippen LogP contribution in [0.5, 0.6) is 0 Å². The highest BCUT2D eigenvalue weighted by molar-refractivity contribution is 6.28. The van der Waals surface area contributed by atoms with Crippen LogP contribution in [0.25, 0.3) is 0 Å². The number of halogens is 1. The maximum atomic E-state index is 12.4. The molecule has 0 aliphatic carbocycles. The van der Waals surface area contributed by atoms with Crippen LogP contribution in [0.15, 0.2) is 47.5 Å². The van der Waals surface area contributed by atoms with Gasteiger partial charge in [-0.25, -0.2) is 0 Å². The number of alkyl halides is 1. The number of nitrogens with zero attached hydrogens (tertiary/aromatic N) is 2. The molecule has 0 saturated heterocycles. The third-order valence-corrected chi connectivity index (χ3v) is 4.82. The van der Waals surface area contributed by atoms with Crippen LogP contribution in [0.1, 0.15) is 31.8 Å². The summed E-state index contributed by atoms with van der Waals surface area (Å²) in [6.07, 6.45) is 2.52. The smallest absolute Gasteiger partial charge is 0.261 e. The Kier molecular flexibility index (Phi) is 4.17. The van der Waals surface area contributed by atoms with Crippen molar-refractivity contribution < 1.29 is 14.4 Å². The normalized spacial score (nSPS) is 18.0. The van der Waals surface area contributed by atoms with Crippen LogP contribution in [0.3, 0.4) is 0 Å². The molecule has 26 heavy (non-hydrogen) atoms. The van der Waals surface area contributed by atoms with Crippen molar-refractivity contribution in [1.29, 1.82) is 0 Å². The Hall–Kier alpha value is -2.79. The molecular weight excluding hydrogens is 352 g/mol. The fraction of sp³-hybridized carbons (Fsp3) is 0.200. The largest absolute Gasteiger partial charge is 0.297 e. The number of imide groups is 1. The third-order valence-electron chi connectivity index (χ3n) is 4.55. The number of hydrogen-bond acceptors (Lipinski definition) is 4. The number of aliphatic imine (C=N–C) groups is 1. The first-order chi connectivity index (χ1) is 12.5. The van der Waals surface area contributed by atoms with Crippen LogP contribution in [0.2, 0.25) is 0 Å². The molecule has 2 heterocycles. The second-order valence-corrected chi connectivity index (χ2v) is 6.98. The van der Waals surface area contributed by atoms with Crippen LogP contribution in [-0.4, -0.2) is 40.6 Å².